The van der Waals surface area contributed by atoms with Gasteiger partial charge in [0, 0.05) is 28.5 Å². The Kier molecular flexibility index (Phi) is 6.77. The summed E-state index contributed by atoms with van der Waals surface area (Å²) in [6.45, 7) is 0.116. The molecule has 0 aliphatic carbocycles. The monoisotopic (exact) mass is 479 g/mol. The summed E-state index contributed by atoms with van der Waals surface area (Å²) in [6.07, 6.45) is 0. The summed E-state index contributed by atoms with van der Waals surface area (Å²) in [5.41, 5.74) is -0.167. The molecular formula is C17H14BrN5O5S. The highest BCUT2D eigenvalue weighted by atomic mass is 79.9. The van der Waals surface area contributed by atoms with E-state index < -0.39 is 10.9 Å². The number of hydrogen-bond acceptors (Lipinski definition) is 9. The van der Waals surface area contributed by atoms with E-state index in [4.69, 9.17) is 9.47 Å². The van der Waals surface area contributed by atoms with Gasteiger partial charge in [0.25, 0.3) is 5.69 Å². The molecule has 0 amide bonds. The van der Waals surface area contributed by atoms with E-state index in [1.807, 2.05) is 12.1 Å². The minimum atomic E-state index is -0.703. The molecule has 0 radical (unpaired) electrons. The largest absolute Gasteiger partial charge is 0.490 e. The summed E-state index contributed by atoms with van der Waals surface area (Å²) in [6, 6.07) is 11.1. The highest BCUT2D eigenvalue weighted by Crippen LogP contribution is 2.31. The van der Waals surface area contributed by atoms with Crippen LogP contribution in [0.15, 0.2) is 57.0 Å². The second-order valence-electron chi connectivity index (χ2n) is 5.56. The number of ether oxygens (including phenoxy) is 2. The van der Waals surface area contributed by atoms with E-state index in [1.54, 1.807) is 19.2 Å². The number of non-ortho nitro benzene ring substituents is 1. The molecule has 12 heteroatoms. The number of nitrogens with zero attached hydrogens (tertiary/aromatic N) is 5. The third-order valence-corrected chi connectivity index (χ3v) is 5.21. The maximum Gasteiger partial charge on any atom is 0.339 e. The lowest BCUT2D eigenvalue weighted by atomic mass is 10.2. The Hall–Kier alpha value is -2.99. The maximum absolute atomic E-state index is 12.5. The molecule has 2 aromatic carbocycles. The fraction of sp³-hybridized carbons (Fsp3) is 0.176. The first-order valence-electron chi connectivity index (χ1n) is 8.18. The number of rotatable bonds is 8. The number of carbonyl (C=O) groups excluding carboxylic acids is 1. The molecule has 150 valence electrons. The minimum absolute atomic E-state index is 0.0206. The zero-order chi connectivity index (χ0) is 20.8. The molecule has 0 atom stereocenters. The van der Waals surface area contributed by atoms with Crippen LogP contribution in [0.5, 0.6) is 5.75 Å². The van der Waals surface area contributed by atoms with Crippen LogP contribution in [-0.4, -0.2) is 44.3 Å². The van der Waals surface area contributed by atoms with Gasteiger partial charge in [-0.1, -0.05) is 15.9 Å². The van der Waals surface area contributed by atoms with Crippen LogP contribution in [0, 0.1) is 10.1 Å². The molecular weight excluding hydrogens is 466 g/mol. The SMILES string of the molecule is Cn1nnnc1Sc1ccc([N+](=O)[O-])cc1C(=O)OCCOc1ccc(Br)cc1. The Bertz CT molecular complexity index is 1030. The first kappa shape index (κ1) is 20.7. The molecule has 10 nitrogen and oxygen atoms in total. The predicted molar refractivity (Wildman–Crippen MR) is 106 cm³/mol. The molecule has 0 saturated carbocycles. The maximum atomic E-state index is 12.5. The van der Waals surface area contributed by atoms with Crippen LogP contribution in [-0.2, 0) is 11.8 Å². The van der Waals surface area contributed by atoms with Crippen molar-refractivity contribution >= 4 is 39.3 Å². The third kappa shape index (κ3) is 5.51. The third-order valence-electron chi connectivity index (χ3n) is 3.58. The highest BCUT2D eigenvalue weighted by Gasteiger charge is 2.20. The number of nitro benzene ring substituents is 1. The number of tetrazole rings is 1. The van der Waals surface area contributed by atoms with Crippen molar-refractivity contribution in [1.29, 1.82) is 0 Å². The summed E-state index contributed by atoms with van der Waals surface area (Å²) in [5.74, 6) is -0.0728. The molecule has 0 aliphatic rings. The highest BCUT2D eigenvalue weighted by molar-refractivity contribution is 9.10. The van der Waals surface area contributed by atoms with E-state index in [0.717, 1.165) is 16.2 Å². The lowest BCUT2D eigenvalue weighted by Crippen LogP contribution is -2.13. The van der Waals surface area contributed by atoms with Gasteiger partial charge in [-0.2, -0.15) is 0 Å². The standard InChI is InChI=1S/C17H14BrN5O5S/c1-22-17(19-20-21-22)29-15-7-4-12(23(25)26)10-14(15)16(24)28-9-8-27-13-5-2-11(18)3-6-13/h2-7,10H,8-9H2,1H3. The Morgan fingerprint density at radius 1 is 1.24 bits per heavy atom. The van der Waals surface area contributed by atoms with Gasteiger partial charge in [-0.15, -0.1) is 5.10 Å². The van der Waals surface area contributed by atoms with Gasteiger partial charge in [0.1, 0.15) is 19.0 Å². The van der Waals surface area contributed by atoms with Crippen molar-refractivity contribution in [2.24, 2.45) is 7.05 Å². The van der Waals surface area contributed by atoms with Crippen LogP contribution in [0.2, 0.25) is 0 Å². The summed E-state index contributed by atoms with van der Waals surface area (Å²) in [7, 11) is 1.64. The van der Waals surface area contributed by atoms with Crippen molar-refractivity contribution in [1.82, 2.24) is 20.2 Å². The lowest BCUT2D eigenvalue weighted by molar-refractivity contribution is -0.384. The van der Waals surface area contributed by atoms with Gasteiger partial charge >= 0.3 is 5.97 Å². The molecule has 0 unspecified atom stereocenters. The number of aromatic nitrogens is 4. The van der Waals surface area contributed by atoms with Crippen LogP contribution in [0.25, 0.3) is 0 Å². The van der Waals surface area contributed by atoms with Crippen molar-refractivity contribution in [2.75, 3.05) is 13.2 Å². The molecule has 1 heterocycles. The Labute approximate surface area is 177 Å². The summed E-state index contributed by atoms with van der Waals surface area (Å²) in [5, 5.41) is 22.6. The van der Waals surface area contributed by atoms with Gasteiger partial charge in [-0.3, -0.25) is 10.1 Å². The smallest absolute Gasteiger partial charge is 0.339 e. The Morgan fingerprint density at radius 3 is 2.66 bits per heavy atom. The predicted octanol–water partition coefficient (Wildman–Crippen LogP) is 3.27. The second kappa shape index (κ2) is 9.47. The van der Waals surface area contributed by atoms with E-state index in [2.05, 4.69) is 31.5 Å². The molecule has 1 aromatic heterocycles. The second-order valence-corrected chi connectivity index (χ2v) is 7.49. The van der Waals surface area contributed by atoms with E-state index >= 15 is 0 Å². The normalized spacial score (nSPS) is 10.6. The molecule has 0 saturated heterocycles. The van der Waals surface area contributed by atoms with Crippen molar-refractivity contribution < 1.29 is 19.2 Å². The van der Waals surface area contributed by atoms with E-state index in [9.17, 15) is 14.9 Å². The first-order valence-corrected chi connectivity index (χ1v) is 9.79. The molecule has 0 fully saturated rings. The van der Waals surface area contributed by atoms with Crippen molar-refractivity contribution in [3.63, 3.8) is 0 Å². The van der Waals surface area contributed by atoms with Crippen LogP contribution < -0.4 is 4.74 Å². The average Bonchev–Trinajstić information content (AvgIpc) is 3.11. The van der Waals surface area contributed by atoms with Crippen molar-refractivity contribution in [2.45, 2.75) is 10.1 Å². The number of hydrogen-bond donors (Lipinski definition) is 0. The summed E-state index contributed by atoms with van der Waals surface area (Å²) in [4.78, 5) is 23.5. The van der Waals surface area contributed by atoms with E-state index in [1.165, 1.54) is 22.9 Å². The Balaban J connectivity index is 1.68. The topological polar surface area (TPSA) is 122 Å². The van der Waals surface area contributed by atoms with E-state index in [0.29, 0.717) is 15.8 Å². The van der Waals surface area contributed by atoms with Gasteiger partial charge in [0.15, 0.2) is 0 Å². The number of halogens is 1. The number of esters is 1. The van der Waals surface area contributed by atoms with Gasteiger partial charge in [0.2, 0.25) is 5.16 Å². The fourth-order valence-corrected chi connectivity index (χ4v) is 3.28. The number of carbonyl (C=O) groups is 1. The van der Waals surface area contributed by atoms with Crippen LogP contribution in [0.1, 0.15) is 10.4 Å². The van der Waals surface area contributed by atoms with Crippen molar-refractivity contribution in [3.8, 4) is 5.75 Å². The molecule has 0 bridgehead atoms. The quantitative estimate of drug-likeness (QED) is 0.207. The van der Waals surface area contributed by atoms with Gasteiger partial charge in [-0.05, 0) is 52.5 Å². The zero-order valence-electron chi connectivity index (χ0n) is 15.0. The van der Waals surface area contributed by atoms with Crippen molar-refractivity contribution in [3.05, 3.63) is 62.6 Å². The molecule has 0 aliphatic heterocycles. The van der Waals surface area contributed by atoms with Gasteiger partial charge in [0.05, 0.1) is 10.5 Å². The van der Waals surface area contributed by atoms with E-state index in [-0.39, 0.29) is 24.5 Å². The van der Waals surface area contributed by atoms with Gasteiger partial charge < -0.3 is 9.47 Å². The molecule has 29 heavy (non-hydrogen) atoms. The van der Waals surface area contributed by atoms with Gasteiger partial charge in [-0.25, -0.2) is 9.48 Å². The summed E-state index contributed by atoms with van der Waals surface area (Å²) < 4.78 is 13.1. The number of aryl methyl sites for hydroxylation is 1. The Morgan fingerprint density at radius 2 is 2.00 bits per heavy atom. The summed E-state index contributed by atoms with van der Waals surface area (Å²) >= 11 is 4.43. The number of nitro groups is 1. The molecule has 3 rings (SSSR count). The lowest BCUT2D eigenvalue weighted by Gasteiger charge is -2.10. The fourth-order valence-electron chi connectivity index (χ4n) is 2.19. The van der Waals surface area contributed by atoms with Crippen LogP contribution in [0.3, 0.4) is 0 Å². The number of benzene rings is 2. The van der Waals surface area contributed by atoms with Crippen LogP contribution in [0.4, 0.5) is 5.69 Å². The van der Waals surface area contributed by atoms with Crippen LogP contribution >= 0.6 is 27.7 Å². The zero-order valence-corrected chi connectivity index (χ0v) is 17.4. The first-order chi connectivity index (χ1) is 13.9. The molecule has 0 N–H and O–H groups in total. The molecule has 0 spiro atoms. The molecule has 3 aromatic rings. The average molecular weight is 480 g/mol. The minimum Gasteiger partial charge on any atom is -0.490 e.